The molecule has 0 unspecified atom stereocenters. The maximum Gasteiger partial charge on any atom is 0.256 e. The van der Waals surface area contributed by atoms with Crippen LogP contribution in [0.15, 0.2) is 18.7 Å². The zero-order valence-electron chi connectivity index (χ0n) is 12.6. The molecule has 1 saturated heterocycles. The minimum atomic E-state index is 0.00673. The third-order valence-corrected chi connectivity index (χ3v) is 3.97. The molecular formula is C15H24N4O. The van der Waals surface area contributed by atoms with E-state index < -0.39 is 0 Å². The summed E-state index contributed by atoms with van der Waals surface area (Å²) in [5.41, 5.74) is 0.562. The highest BCUT2D eigenvalue weighted by Gasteiger charge is 2.24. The van der Waals surface area contributed by atoms with E-state index in [-0.39, 0.29) is 5.91 Å². The van der Waals surface area contributed by atoms with Crippen molar-refractivity contribution in [1.29, 1.82) is 0 Å². The minimum absolute atomic E-state index is 0.00673. The molecule has 1 fully saturated rings. The number of rotatable bonds is 4. The Kier molecular flexibility index (Phi) is 5.06. The van der Waals surface area contributed by atoms with Gasteiger partial charge < -0.3 is 9.80 Å². The number of nitrogens with zero attached hydrogens (tertiary/aromatic N) is 4. The van der Waals surface area contributed by atoms with Crippen LogP contribution in [0.1, 0.15) is 37.0 Å². The fraction of sp³-hybridized carbons (Fsp3) is 0.667. The van der Waals surface area contributed by atoms with Crippen molar-refractivity contribution >= 4 is 5.91 Å². The Bertz CT molecular complexity index is 435. The smallest absolute Gasteiger partial charge is 0.256 e. The van der Waals surface area contributed by atoms with Crippen molar-refractivity contribution in [2.24, 2.45) is 5.92 Å². The lowest BCUT2D eigenvalue weighted by Crippen LogP contribution is -2.44. The van der Waals surface area contributed by atoms with Gasteiger partial charge in [-0.2, -0.15) is 0 Å². The summed E-state index contributed by atoms with van der Waals surface area (Å²) in [6.07, 6.45) is 7.02. The van der Waals surface area contributed by atoms with Crippen molar-refractivity contribution in [2.75, 3.05) is 26.7 Å². The summed E-state index contributed by atoms with van der Waals surface area (Å²) in [5.74, 6) is 0.567. The van der Waals surface area contributed by atoms with Gasteiger partial charge in [-0.3, -0.25) is 4.79 Å². The number of hydrogen-bond donors (Lipinski definition) is 0. The van der Waals surface area contributed by atoms with Crippen LogP contribution in [0.25, 0.3) is 0 Å². The van der Waals surface area contributed by atoms with E-state index in [0.717, 1.165) is 13.1 Å². The van der Waals surface area contributed by atoms with Crippen molar-refractivity contribution in [2.45, 2.75) is 32.7 Å². The predicted molar refractivity (Wildman–Crippen MR) is 78.4 cm³/mol. The second-order valence-electron chi connectivity index (χ2n) is 5.91. The van der Waals surface area contributed by atoms with Crippen molar-refractivity contribution in [1.82, 2.24) is 19.8 Å². The van der Waals surface area contributed by atoms with Crippen molar-refractivity contribution in [3.63, 3.8) is 0 Å². The highest BCUT2D eigenvalue weighted by molar-refractivity contribution is 5.93. The molecule has 0 spiro atoms. The van der Waals surface area contributed by atoms with Gasteiger partial charge in [-0.25, -0.2) is 9.97 Å². The Morgan fingerprint density at radius 2 is 2.15 bits per heavy atom. The van der Waals surface area contributed by atoms with Crippen LogP contribution in [0, 0.1) is 5.92 Å². The molecule has 0 aliphatic carbocycles. The Morgan fingerprint density at radius 3 is 2.80 bits per heavy atom. The van der Waals surface area contributed by atoms with Crippen LogP contribution >= 0.6 is 0 Å². The first-order chi connectivity index (χ1) is 9.58. The minimum Gasteiger partial charge on any atom is -0.341 e. The molecule has 1 atom stereocenters. The molecule has 1 aromatic rings. The monoisotopic (exact) mass is 276 g/mol. The Morgan fingerprint density at radius 1 is 1.45 bits per heavy atom. The Labute approximate surface area is 121 Å². The van der Waals surface area contributed by atoms with Crippen LogP contribution in [-0.2, 0) is 0 Å². The highest BCUT2D eigenvalue weighted by atomic mass is 16.2. The fourth-order valence-corrected chi connectivity index (χ4v) is 2.82. The Hall–Kier alpha value is -1.49. The van der Waals surface area contributed by atoms with Gasteiger partial charge in [0.1, 0.15) is 6.33 Å². The number of hydrogen-bond acceptors (Lipinski definition) is 4. The van der Waals surface area contributed by atoms with Gasteiger partial charge >= 0.3 is 0 Å². The molecular weight excluding hydrogens is 252 g/mol. The summed E-state index contributed by atoms with van der Waals surface area (Å²) in [7, 11) is 1.86. The number of likely N-dealkylation sites (tertiary alicyclic amines) is 1. The van der Waals surface area contributed by atoms with Crippen LogP contribution in [0.4, 0.5) is 0 Å². The van der Waals surface area contributed by atoms with Gasteiger partial charge in [0, 0.05) is 38.6 Å². The maximum absolute atomic E-state index is 12.3. The van der Waals surface area contributed by atoms with Gasteiger partial charge in [-0.05, 0) is 39.2 Å². The van der Waals surface area contributed by atoms with Gasteiger partial charge in [0.05, 0.1) is 5.56 Å². The lowest BCUT2D eigenvalue weighted by Gasteiger charge is -2.37. The van der Waals surface area contributed by atoms with Crippen molar-refractivity contribution < 1.29 is 4.79 Å². The second-order valence-corrected chi connectivity index (χ2v) is 5.91. The number of carbonyl (C=O) groups excluding carboxylic acids is 1. The lowest BCUT2D eigenvalue weighted by molar-refractivity contribution is 0.0708. The molecule has 110 valence electrons. The van der Waals surface area contributed by atoms with Crippen LogP contribution < -0.4 is 0 Å². The van der Waals surface area contributed by atoms with Crippen LogP contribution in [0.3, 0.4) is 0 Å². The lowest BCUT2D eigenvalue weighted by atomic mass is 9.96. The molecule has 2 heterocycles. The molecule has 1 aliphatic heterocycles. The quantitative estimate of drug-likeness (QED) is 0.839. The summed E-state index contributed by atoms with van der Waals surface area (Å²) in [4.78, 5) is 24.4. The summed E-state index contributed by atoms with van der Waals surface area (Å²) in [6.45, 7) is 7.53. The third kappa shape index (κ3) is 3.76. The van der Waals surface area contributed by atoms with Crippen LogP contribution in [0.2, 0.25) is 0 Å². The van der Waals surface area contributed by atoms with E-state index in [9.17, 15) is 4.79 Å². The van der Waals surface area contributed by atoms with E-state index >= 15 is 0 Å². The second kappa shape index (κ2) is 6.79. The molecule has 20 heavy (non-hydrogen) atoms. The standard InChI is InChI=1S/C15H24N4O/c1-12(2)19-6-4-5-13(10-19)9-18(3)15(20)14-7-16-11-17-8-14/h7-8,11-13H,4-6,9-10H2,1-3H3/t13-/m1/s1. The number of amides is 1. The Balaban J connectivity index is 1.91. The van der Waals surface area contributed by atoms with Gasteiger partial charge in [0.2, 0.25) is 0 Å². The van der Waals surface area contributed by atoms with Gasteiger partial charge in [-0.1, -0.05) is 0 Å². The van der Waals surface area contributed by atoms with Crippen LogP contribution in [-0.4, -0.2) is 58.4 Å². The van der Waals surface area contributed by atoms with E-state index in [1.54, 1.807) is 17.3 Å². The average molecular weight is 276 g/mol. The zero-order chi connectivity index (χ0) is 14.5. The molecule has 1 aliphatic rings. The maximum atomic E-state index is 12.3. The molecule has 5 heteroatoms. The topological polar surface area (TPSA) is 49.3 Å². The van der Waals surface area contributed by atoms with Crippen LogP contribution in [0.5, 0.6) is 0 Å². The largest absolute Gasteiger partial charge is 0.341 e. The SMILES string of the molecule is CC(C)N1CCC[C@H](CN(C)C(=O)c2cncnc2)C1. The van der Waals surface area contributed by atoms with E-state index in [1.165, 1.54) is 25.7 Å². The predicted octanol–water partition coefficient (Wildman–Crippen LogP) is 1.67. The summed E-state index contributed by atoms with van der Waals surface area (Å²) in [5, 5.41) is 0. The summed E-state index contributed by atoms with van der Waals surface area (Å²) < 4.78 is 0. The summed E-state index contributed by atoms with van der Waals surface area (Å²) >= 11 is 0. The molecule has 1 aromatic heterocycles. The average Bonchev–Trinajstić information content (AvgIpc) is 2.47. The molecule has 5 nitrogen and oxygen atoms in total. The molecule has 2 rings (SSSR count). The molecule has 0 aromatic carbocycles. The number of piperidine rings is 1. The van der Waals surface area contributed by atoms with E-state index in [4.69, 9.17) is 0 Å². The van der Waals surface area contributed by atoms with Crippen molar-refractivity contribution in [3.05, 3.63) is 24.3 Å². The normalized spacial score (nSPS) is 20.1. The van der Waals surface area contributed by atoms with E-state index in [1.807, 2.05) is 7.05 Å². The molecule has 0 radical (unpaired) electrons. The molecule has 0 saturated carbocycles. The first-order valence-corrected chi connectivity index (χ1v) is 7.32. The van der Waals surface area contributed by atoms with Gasteiger partial charge in [0.25, 0.3) is 5.91 Å². The summed E-state index contributed by atoms with van der Waals surface area (Å²) in [6, 6.07) is 0.585. The molecule has 0 N–H and O–H groups in total. The first-order valence-electron chi connectivity index (χ1n) is 7.32. The van der Waals surface area contributed by atoms with E-state index in [0.29, 0.717) is 17.5 Å². The van der Waals surface area contributed by atoms with Gasteiger partial charge in [-0.15, -0.1) is 0 Å². The molecule has 1 amide bonds. The highest BCUT2D eigenvalue weighted by Crippen LogP contribution is 2.19. The van der Waals surface area contributed by atoms with Crippen molar-refractivity contribution in [3.8, 4) is 0 Å². The first kappa shape index (κ1) is 14.9. The zero-order valence-corrected chi connectivity index (χ0v) is 12.6. The number of carbonyl (C=O) groups is 1. The fourth-order valence-electron chi connectivity index (χ4n) is 2.82. The third-order valence-electron chi connectivity index (χ3n) is 3.97. The van der Waals surface area contributed by atoms with Gasteiger partial charge in [0.15, 0.2) is 0 Å². The van der Waals surface area contributed by atoms with E-state index in [2.05, 4.69) is 28.7 Å². The number of aromatic nitrogens is 2. The molecule has 0 bridgehead atoms.